The number of rotatable bonds is 6. The lowest BCUT2D eigenvalue weighted by Gasteiger charge is -2.06. The van der Waals surface area contributed by atoms with Crippen molar-refractivity contribution in [2.45, 2.75) is 5.75 Å². The van der Waals surface area contributed by atoms with E-state index in [9.17, 15) is 4.79 Å². The van der Waals surface area contributed by atoms with Crippen LogP contribution in [-0.2, 0) is 5.75 Å². The molecule has 21 heavy (non-hydrogen) atoms. The Kier molecular flexibility index (Phi) is 6.43. The smallest absolute Gasteiger partial charge is 0.251 e. The van der Waals surface area contributed by atoms with Crippen LogP contribution in [0.25, 0.3) is 0 Å². The monoisotopic (exact) mass is 339 g/mol. The van der Waals surface area contributed by atoms with Crippen molar-refractivity contribution in [2.24, 2.45) is 0 Å². The van der Waals surface area contributed by atoms with Gasteiger partial charge in [-0.25, -0.2) is 0 Å². The van der Waals surface area contributed by atoms with Gasteiger partial charge in [-0.2, -0.15) is 11.8 Å². The Morgan fingerprint density at radius 2 is 1.81 bits per heavy atom. The summed E-state index contributed by atoms with van der Waals surface area (Å²) in [7, 11) is 0. The zero-order chi connectivity index (χ0) is 15.1. The summed E-state index contributed by atoms with van der Waals surface area (Å²) in [6, 6.07) is 14.7. The minimum Gasteiger partial charge on any atom is -0.351 e. The van der Waals surface area contributed by atoms with Crippen LogP contribution in [0.2, 0.25) is 10.0 Å². The molecule has 0 aliphatic rings. The highest BCUT2D eigenvalue weighted by molar-refractivity contribution is 7.98. The van der Waals surface area contributed by atoms with Gasteiger partial charge in [-0.05, 0) is 42.0 Å². The zero-order valence-corrected chi connectivity index (χ0v) is 13.6. The average Bonchev–Trinajstić information content (AvgIpc) is 2.47. The van der Waals surface area contributed by atoms with Crippen molar-refractivity contribution >= 4 is 40.9 Å². The van der Waals surface area contributed by atoms with E-state index in [0.717, 1.165) is 16.5 Å². The molecular weight excluding hydrogens is 325 g/mol. The first kappa shape index (κ1) is 16.2. The fraction of sp³-hybridized carbons (Fsp3) is 0.188. The van der Waals surface area contributed by atoms with Crippen LogP contribution < -0.4 is 5.32 Å². The highest BCUT2D eigenvalue weighted by Crippen LogP contribution is 2.16. The maximum atomic E-state index is 11.9. The van der Waals surface area contributed by atoms with Crippen LogP contribution in [0.1, 0.15) is 15.9 Å². The molecule has 0 aliphatic heterocycles. The standard InChI is InChI=1S/C16H15Cl2NOS/c17-14-6-4-13(5-7-14)16(20)19-8-9-21-11-12-2-1-3-15(18)10-12/h1-7,10H,8-9,11H2,(H,19,20). The molecule has 2 rings (SSSR count). The second-order valence-corrected chi connectivity index (χ2v) is 6.42. The molecule has 0 fully saturated rings. The summed E-state index contributed by atoms with van der Waals surface area (Å²) in [6.07, 6.45) is 0. The molecule has 2 nitrogen and oxygen atoms in total. The third kappa shape index (κ3) is 5.62. The summed E-state index contributed by atoms with van der Waals surface area (Å²) in [5.74, 6) is 1.67. The maximum Gasteiger partial charge on any atom is 0.251 e. The van der Waals surface area contributed by atoms with Crippen molar-refractivity contribution in [1.82, 2.24) is 5.32 Å². The van der Waals surface area contributed by atoms with Crippen molar-refractivity contribution in [2.75, 3.05) is 12.3 Å². The van der Waals surface area contributed by atoms with Gasteiger partial charge in [0.2, 0.25) is 0 Å². The predicted octanol–water partition coefficient (Wildman–Crippen LogP) is 4.66. The molecule has 0 bridgehead atoms. The molecule has 2 aromatic carbocycles. The van der Waals surface area contributed by atoms with Gasteiger partial charge in [0.25, 0.3) is 5.91 Å². The Morgan fingerprint density at radius 1 is 1.05 bits per heavy atom. The van der Waals surface area contributed by atoms with Gasteiger partial charge in [0.15, 0.2) is 0 Å². The molecule has 1 N–H and O–H groups in total. The number of carbonyl (C=O) groups is 1. The van der Waals surface area contributed by atoms with Crippen LogP contribution in [0.15, 0.2) is 48.5 Å². The molecule has 0 heterocycles. The van der Waals surface area contributed by atoms with Crippen LogP contribution in [-0.4, -0.2) is 18.2 Å². The van der Waals surface area contributed by atoms with Crippen LogP contribution in [0, 0.1) is 0 Å². The molecule has 0 saturated carbocycles. The van der Waals surface area contributed by atoms with Gasteiger partial charge in [-0.15, -0.1) is 0 Å². The van der Waals surface area contributed by atoms with E-state index in [0.29, 0.717) is 17.1 Å². The third-order valence-corrected chi connectivity index (χ3v) is 4.31. The van der Waals surface area contributed by atoms with E-state index in [1.54, 1.807) is 36.0 Å². The lowest BCUT2D eigenvalue weighted by atomic mass is 10.2. The van der Waals surface area contributed by atoms with E-state index < -0.39 is 0 Å². The SMILES string of the molecule is O=C(NCCSCc1cccc(Cl)c1)c1ccc(Cl)cc1. The molecule has 1 amide bonds. The van der Waals surface area contributed by atoms with Crippen molar-refractivity contribution in [3.63, 3.8) is 0 Å². The molecule has 0 unspecified atom stereocenters. The van der Waals surface area contributed by atoms with Gasteiger partial charge in [0.05, 0.1) is 0 Å². The van der Waals surface area contributed by atoms with Crippen molar-refractivity contribution in [1.29, 1.82) is 0 Å². The molecular formula is C16H15Cl2NOS. The van der Waals surface area contributed by atoms with Crippen LogP contribution in [0.4, 0.5) is 0 Å². The van der Waals surface area contributed by atoms with E-state index in [-0.39, 0.29) is 5.91 Å². The fourth-order valence-electron chi connectivity index (χ4n) is 1.76. The first-order valence-electron chi connectivity index (χ1n) is 6.51. The molecule has 110 valence electrons. The highest BCUT2D eigenvalue weighted by atomic mass is 35.5. The number of hydrogen-bond donors (Lipinski definition) is 1. The van der Waals surface area contributed by atoms with Crippen molar-refractivity contribution < 1.29 is 4.79 Å². The largest absolute Gasteiger partial charge is 0.351 e. The Hall–Kier alpha value is -1.16. The first-order valence-corrected chi connectivity index (χ1v) is 8.42. The molecule has 0 aliphatic carbocycles. The van der Waals surface area contributed by atoms with Gasteiger partial charge in [-0.3, -0.25) is 4.79 Å². The van der Waals surface area contributed by atoms with E-state index in [2.05, 4.69) is 5.32 Å². The summed E-state index contributed by atoms with van der Waals surface area (Å²) >= 11 is 13.5. The first-order chi connectivity index (χ1) is 10.1. The summed E-state index contributed by atoms with van der Waals surface area (Å²) < 4.78 is 0. The van der Waals surface area contributed by atoms with E-state index in [4.69, 9.17) is 23.2 Å². The summed E-state index contributed by atoms with van der Waals surface area (Å²) in [4.78, 5) is 11.9. The number of benzene rings is 2. The zero-order valence-electron chi connectivity index (χ0n) is 11.3. The second-order valence-electron chi connectivity index (χ2n) is 4.45. The van der Waals surface area contributed by atoms with Gasteiger partial charge >= 0.3 is 0 Å². The van der Waals surface area contributed by atoms with Gasteiger partial charge < -0.3 is 5.32 Å². The van der Waals surface area contributed by atoms with E-state index >= 15 is 0 Å². The molecule has 5 heteroatoms. The molecule has 0 saturated heterocycles. The number of nitrogens with one attached hydrogen (secondary N) is 1. The molecule has 0 atom stereocenters. The Bertz CT molecular complexity index is 601. The Labute approximate surface area is 138 Å². The molecule has 2 aromatic rings. The van der Waals surface area contributed by atoms with Gasteiger partial charge in [0, 0.05) is 33.7 Å². The summed E-state index contributed by atoms with van der Waals surface area (Å²) in [6.45, 7) is 0.632. The van der Waals surface area contributed by atoms with Crippen molar-refractivity contribution in [3.05, 3.63) is 69.7 Å². The number of hydrogen-bond acceptors (Lipinski definition) is 2. The number of carbonyl (C=O) groups excluding carboxylic acids is 1. The topological polar surface area (TPSA) is 29.1 Å². The summed E-state index contributed by atoms with van der Waals surface area (Å²) in [5.41, 5.74) is 1.82. The maximum absolute atomic E-state index is 11.9. The van der Waals surface area contributed by atoms with Gasteiger partial charge in [-0.1, -0.05) is 35.3 Å². The predicted molar refractivity (Wildman–Crippen MR) is 91.4 cm³/mol. The van der Waals surface area contributed by atoms with Crippen molar-refractivity contribution in [3.8, 4) is 0 Å². The second kappa shape index (κ2) is 8.32. The lowest BCUT2D eigenvalue weighted by molar-refractivity contribution is 0.0956. The molecule has 0 radical (unpaired) electrons. The molecule has 0 aromatic heterocycles. The van der Waals surface area contributed by atoms with Crippen LogP contribution >= 0.6 is 35.0 Å². The number of thioether (sulfide) groups is 1. The minimum absolute atomic E-state index is 0.0741. The van der Waals surface area contributed by atoms with Crippen LogP contribution in [0.3, 0.4) is 0 Å². The van der Waals surface area contributed by atoms with E-state index in [1.807, 2.05) is 24.3 Å². The normalized spacial score (nSPS) is 10.4. The number of amides is 1. The quantitative estimate of drug-likeness (QED) is 0.775. The third-order valence-electron chi connectivity index (χ3n) is 2.80. The molecule has 0 spiro atoms. The Morgan fingerprint density at radius 3 is 2.52 bits per heavy atom. The average molecular weight is 340 g/mol. The van der Waals surface area contributed by atoms with Crippen LogP contribution in [0.5, 0.6) is 0 Å². The Balaban J connectivity index is 1.68. The fourth-order valence-corrected chi connectivity index (χ4v) is 2.90. The number of halogens is 2. The summed E-state index contributed by atoms with van der Waals surface area (Å²) in [5, 5.41) is 4.27. The van der Waals surface area contributed by atoms with Gasteiger partial charge in [0.1, 0.15) is 0 Å². The lowest BCUT2D eigenvalue weighted by Crippen LogP contribution is -2.25. The van der Waals surface area contributed by atoms with E-state index in [1.165, 1.54) is 5.56 Å². The minimum atomic E-state index is -0.0741. The highest BCUT2D eigenvalue weighted by Gasteiger charge is 2.04.